The van der Waals surface area contributed by atoms with E-state index >= 15 is 0 Å². The number of rotatable bonds is 2. The Kier molecular flexibility index (Phi) is 4.51. The molecule has 1 aromatic heterocycles. The Hall–Kier alpha value is -3.21. The van der Waals surface area contributed by atoms with Crippen LogP contribution in [-0.2, 0) is 4.79 Å². The molecule has 2 amide bonds. The molecule has 3 aromatic rings. The summed E-state index contributed by atoms with van der Waals surface area (Å²) >= 11 is 0. The SMILES string of the molecule is O=C1NCCC2CCCN(C(=O)c3ccc(-c4cccc5cccnc45)cc3)C12. The third kappa shape index (κ3) is 3.16. The van der Waals surface area contributed by atoms with Gasteiger partial charge in [-0.3, -0.25) is 14.6 Å². The molecule has 0 radical (unpaired) electrons. The number of amides is 2. The normalized spacial score (nSPS) is 21.5. The van der Waals surface area contributed by atoms with Crippen LogP contribution in [0.5, 0.6) is 0 Å². The number of piperidine rings is 2. The van der Waals surface area contributed by atoms with Crippen LogP contribution >= 0.6 is 0 Å². The van der Waals surface area contributed by atoms with Gasteiger partial charge in [-0.1, -0.05) is 36.4 Å². The lowest BCUT2D eigenvalue weighted by Gasteiger charge is -2.43. The van der Waals surface area contributed by atoms with Crippen LogP contribution in [0.1, 0.15) is 29.6 Å². The van der Waals surface area contributed by atoms with E-state index in [9.17, 15) is 9.59 Å². The molecule has 1 N–H and O–H groups in total. The van der Waals surface area contributed by atoms with Crippen LogP contribution < -0.4 is 5.32 Å². The number of hydrogen-bond acceptors (Lipinski definition) is 3. The van der Waals surface area contributed by atoms with E-state index in [0.717, 1.165) is 47.8 Å². The molecule has 0 saturated carbocycles. The van der Waals surface area contributed by atoms with Gasteiger partial charge in [0.1, 0.15) is 6.04 Å². The van der Waals surface area contributed by atoms with E-state index < -0.39 is 0 Å². The Balaban J connectivity index is 1.44. The summed E-state index contributed by atoms with van der Waals surface area (Å²) in [4.78, 5) is 31.9. The second-order valence-corrected chi connectivity index (χ2v) is 7.88. The predicted molar refractivity (Wildman–Crippen MR) is 112 cm³/mol. The summed E-state index contributed by atoms with van der Waals surface area (Å²) in [6.07, 6.45) is 4.73. The van der Waals surface area contributed by atoms with Gasteiger partial charge in [0.2, 0.25) is 5.91 Å². The van der Waals surface area contributed by atoms with Crippen LogP contribution in [0, 0.1) is 5.92 Å². The van der Waals surface area contributed by atoms with Gasteiger partial charge >= 0.3 is 0 Å². The lowest BCUT2D eigenvalue weighted by Crippen LogP contribution is -2.59. The number of aromatic nitrogens is 1. The number of fused-ring (bicyclic) bond motifs is 2. The number of carbonyl (C=O) groups is 2. The highest BCUT2D eigenvalue weighted by Crippen LogP contribution is 2.31. The first-order valence-electron chi connectivity index (χ1n) is 10.3. The average molecular weight is 385 g/mol. The van der Waals surface area contributed by atoms with Crippen LogP contribution in [0.15, 0.2) is 60.8 Å². The molecule has 5 heteroatoms. The summed E-state index contributed by atoms with van der Waals surface area (Å²) in [5, 5.41) is 4.02. The minimum absolute atomic E-state index is 0.00671. The van der Waals surface area contributed by atoms with E-state index in [4.69, 9.17) is 0 Å². The Morgan fingerprint density at radius 2 is 1.86 bits per heavy atom. The second-order valence-electron chi connectivity index (χ2n) is 7.88. The molecule has 0 aliphatic carbocycles. The van der Waals surface area contributed by atoms with E-state index in [1.165, 1.54) is 0 Å². The topological polar surface area (TPSA) is 62.3 Å². The first kappa shape index (κ1) is 17.9. The van der Waals surface area contributed by atoms with Gasteiger partial charge in [0.05, 0.1) is 5.52 Å². The van der Waals surface area contributed by atoms with E-state index in [1.807, 2.05) is 54.6 Å². The van der Waals surface area contributed by atoms with Crippen molar-refractivity contribution in [2.45, 2.75) is 25.3 Å². The van der Waals surface area contributed by atoms with Crippen molar-refractivity contribution in [2.75, 3.05) is 13.1 Å². The number of benzene rings is 2. The molecular formula is C24H23N3O2. The fourth-order valence-corrected chi connectivity index (χ4v) is 4.74. The Morgan fingerprint density at radius 3 is 2.72 bits per heavy atom. The van der Waals surface area contributed by atoms with Gasteiger partial charge in [0.25, 0.3) is 5.91 Å². The van der Waals surface area contributed by atoms with Crippen molar-refractivity contribution < 1.29 is 9.59 Å². The van der Waals surface area contributed by atoms with E-state index in [1.54, 1.807) is 11.1 Å². The maximum atomic E-state index is 13.2. The fraction of sp³-hybridized carbons (Fsp3) is 0.292. The quantitative estimate of drug-likeness (QED) is 0.733. The summed E-state index contributed by atoms with van der Waals surface area (Å²) in [5.74, 6) is 0.217. The summed E-state index contributed by atoms with van der Waals surface area (Å²) in [5.41, 5.74) is 3.65. The summed E-state index contributed by atoms with van der Waals surface area (Å²) in [6, 6.07) is 17.4. The summed E-state index contributed by atoms with van der Waals surface area (Å²) < 4.78 is 0. The van der Waals surface area contributed by atoms with Gasteiger partial charge in [0.15, 0.2) is 0 Å². The fourth-order valence-electron chi connectivity index (χ4n) is 4.74. The van der Waals surface area contributed by atoms with Crippen LogP contribution in [0.4, 0.5) is 0 Å². The highest BCUT2D eigenvalue weighted by atomic mass is 16.2. The third-order valence-electron chi connectivity index (χ3n) is 6.18. The van der Waals surface area contributed by atoms with Crippen LogP contribution in [0.25, 0.3) is 22.0 Å². The highest BCUT2D eigenvalue weighted by molar-refractivity contribution is 5.99. The first-order valence-corrected chi connectivity index (χ1v) is 10.3. The molecule has 146 valence electrons. The van der Waals surface area contributed by atoms with Crippen molar-refractivity contribution in [3.05, 3.63) is 66.4 Å². The molecule has 3 heterocycles. The molecule has 2 unspecified atom stereocenters. The first-order chi connectivity index (χ1) is 14.2. The molecule has 0 bridgehead atoms. The number of para-hydroxylation sites is 1. The Bertz CT molecular complexity index is 1070. The van der Waals surface area contributed by atoms with Crippen molar-refractivity contribution in [3.63, 3.8) is 0 Å². The van der Waals surface area contributed by atoms with Gasteiger partial charge in [0, 0.05) is 35.8 Å². The molecule has 2 aromatic carbocycles. The molecule has 29 heavy (non-hydrogen) atoms. The number of likely N-dealkylation sites (tertiary alicyclic amines) is 1. The number of nitrogens with zero attached hydrogens (tertiary/aromatic N) is 2. The molecule has 2 atom stereocenters. The van der Waals surface area contributed by atoms with Crippen molar-refractivity contribution in [2.24, 2.45) is 5.92 Å². The second kappa shape index (κ2) is 7.32. The number of hydrogen-bond donors (Lipinski definition) is 1. The van der Waals surface area contributed by atoms with E-state index in [-0.39, 0.29) is 23.8 Å². The Morgan fingerprint density at radius 1 is 1.03 bits per heavy atom. The predicted octanol–water partition coefficient (Wildman–Crippen LogP) is 3.64. The van der Waals surface area contributed by atoms with Crippen molar-refractivity contribution in [3.8, 4) is 11.1 Å². The zero-order valence-electron chi connectivity index (χ0n) is 16.2. The standard InChI is InChI=1S/C24H23N3O2/c28-23-22-18(12-14-26-23)6-3-15-27(22)24(29)19-10-8-16(9-11-19)20-7-1-4-17-5-2-13-25-21(17)20/h1-2,4-5,7-11,13,18,22H,3,6,12,14-15H2,(H,26,28). The minimum atomic E-state index is -0.327. The van der Waals surface area contributed by atoms with Crippen molar-refractivity contribution in [1.29, 1.82) is 0 Å². The van der Waals surface area contributed by atoms with Crippen molar-refractivity contribution in [1.82, 2.24) is 15.2 Å². The largest absolute Gasteiger partial charge is 0.354 e. The molecule has 0 spiro atoms. The molecule has 2 fully saturated rings. The third-order valence-corrected chi connectivity index (χ3v) is 6.18. The zero-order valence-corrected chi connectivity index (χ0v) is 16.2. The zero-order chi connectivity index (χ0) is 19.8. The van der Waals surface area contributed by atoms with Gasteiger partial charge in [-0.05, 0) is 48.9 Å². The lowest BCUT2D eigenvalue weighted by molar-refractivity contribution is -0.131. The average Bonchev–Trinajstić information content (AvgIpc) is 2.78. The maximum Gasteiger partial charge on any atom is 0.254 e. The highest BCUT2D eigenvalue weighted by Gasteiger charge is 2.41. The lowest BCUT2D eigenvalue weighted by atomic mass is 9.83. The van der Waals surface area contributed by atoms with Gasteiger partial charge < -0.3 is 10.2 Å². The van der Waals surface area contributed by atoms with E-state index in [0.29, 0.717) is 12.1 Å². The van der Waals surface area contributed by atoms with Gasteiger partial charge in [-0.2, -0.15) is 0 Å². The van der Waals surface area contributed by atoms with Crippen LogP contribution in [-0.4, -0.2) is 40.8 Å². The molecule has 5 nitrogen and oxygen atoms in total. The minimum Gasteiger partial charge on any atom is -0.354 e. The number of pyridine rings is 1. The van der Waals surface area contributed by atoms with Gasteiger partial charge in [-0.15, -0.1) is 0 Å². The van der Waals surface area contributed by atoms with Crippen molar-refractivity contribution >= 4 is 22.7 Å². The van der Waals surface area contributed by atoms with Crippen LogP contribution in [0.3, 0.4) is 0 Å². The number of nitrogens with one attached hydrogen (secondary N) is 1. The Labute approximate surface area is 169 Å². The maximum absolute atomic E-state index is 13.2. The smallest absolute Gasteiger partial charge is 0.254 e. The molecule has 5 rings (SSSR count). The monoisotopic (exact) mass is 385 g/mol. The van der Waals surface area contributed by atoms with Crippen LogP contribution in [0.2, 0.25) is 0 Å². The molecular weight excluding hydrogens is 362 g/mol. The number of carbonyl (C=O) groups excluding carboxylic acids is 2. The van der Waals surface area contributed by atoms with Gasteiger partial charge in [-0.25, -0.2) is 0 Å². The van der Waals surface area contributed by atoms with E-state index in [2.05, 4.69) is 10.3 Å². The molecule has 2 aliphatic heterocycles. The summed E-state index contributed by atoms with van der Waals surface area (Å²) in [7, 11) is 0. The molecule has 2 saturated heterocycles. The summed E-state index contributed by atoms with van der Waals surface area (Å²) in [6.45, 7) is 1.36. The molecule has 2 aliphatic rings.